The van der Waals surface area contributed by atoms with Crippen molar-refractivity contribution in [1.82, 2.24) is 15.1 Å². The summed E-state index contributed by atoms with van der Waals surface area (Å²) in [6, 6.07) is 7.12. The number of hydrogen-bond acceptors (Lipinski definition) is 4. The third kappa shape index (κ3) is 4.42. The lowest BCUT2D eigenvalue weighted by atomic mass is 9.97. The van der Waals surface area contributed by atoms with Crippen molar-refractivity contribution in [1.29, 1.82) is 0 Å². The Kier molecular flexibility index (Phi) is 5.47. The fourth-order valence-corrected chi connectivity index (χ4v) is 3.51. The van der Waals surface area contributed by atoms with Crippen LogP contribution >= 0.6 is 0 Å². The van der Waals surface area contributed by atoms with Gasteiger partial charge >= 0.3 is 6.18 Å². The van der Waals surface area contributed by atoms with E-state index in [2.05, 4.69) is 10.2 Å². The average Bonchev–Trinajstić information content (AvgIpc) is 3.23. The highest BCUT2D eigenvalue weighted by molar-refractivity contribution is 5.94. The first-order chi connectivity index (χ1) is 14.7. The molecule has 0 saturated carbocycles. The Bertz CT molecular complexity index is 1100. The van der Waals surface area contributed by atoms with Gasteiger partial charge in [0, 0.05) is 24.7 Å². The molecule has 1 aliphatic rings. The van der Waals surface area contributed by atoms with Crippen molar-refractivity contribution in [2.24, 2.45) is 0 Å². The van der Waals surface area contributed by atoms with E-state index in [-0.39, 0.29) is 29.8 Å². The predicted octanol–water partition coefficient (Wildman–Crippen LogP) is 5.05. The zero-order valence-electron chi connectivity index (χ0n) is 16.0. The van der Waals surface area contributed by atoms with Crippen LogP contribution in [-0.4, -0.2) is 34.1 Å². The van der Waals surface area contributed by atoms with Gasteiger partial charge in [0.1, 0.15) is 11.6 Å². The maximum Gasteiger partial charge on any atom is 0.416 e. The van der Waals surface area contributed by atoms with Crippen molar-refractivity contribution in [3.63, 3.8) is 0 Å². The standard InChI is InChI=1S/C21H16F5N3O2/c22-15-7-8-16(17(23)10-15)20(30)29-9-1-2-13(11-29)19-28-27-18(31-19)12-3-5-14(6-4-12)21(24,25)26/h3-8,10,13H,1-2,9,11H2. The van der Waals surface area contributed by atoms with Crippen LogP contribution in [-0.2, 0) is 6.18 Å². The van der Waals surface area contributed by atoms with Crippen LogP contribution in [0, 0.1) is 11.6 Å². The van der Waals surface area contributed by atoms with E-state index in [1.807, 2.05) is 0 Å². The van der Waals surface area contributed by atoms with E-state index in [9.17, 15) is 26.7 Å². The van der Waals surface area contributed by atoms with E-state index >= 15 is 0 Å². The number of nitrogens with zero attached hydrogens (tertiary/aromatic N) is 3. The molecule has 1 saturated heterocycles. The van der Waals surface area contributed by atoms with Gasteiger partial charge < -0.3 is 9.32 Å². The maximum atomic E-state index is 14.0. The molecular formula is C21H16F5N3O2. The van der Waals surface area contributed by atoms with Crippen LogP contribution in [0.15, 0.2) is 46.9 Å². The molecule has 0 N–H and O–H groups in total. The molecule has 4 rings (SSSR count). The van der Waals surface area contributed by atoms with Crippen LogP contribution in [0.25, 0.3) is 11.5 Å². The van der Waals surface area contributed by atoms with Crippen LogP contribution in [0.4, 0.5) is 22.0 Å². The first-order valence-electron chi connectivity index (χ1n) is 9.48. The minimum absolute atomic E-state index is 0.0664. The van der Waals surface area contributed by atoms with Gasteiger partial charge in [-0.25, -0.2) is 8.78 Å². The molecule has 0 radical (unpaired) electrons. The van der Waals surface area contributed by atoms with Crippen molar-refractivity contribution < 1.29 is 31.2 Å². The van der Waals surface area contributed by atoms with Crippen LogP contribution < -0.4 is 0 Å². The minimum Gasteiger partial charge on any atom is -0.420 e. The van der Waals surface area contributed by atoms with E-state index in [0.29, 0.717) is 31.0 Å². The first-order valence-corrected chi connectivity index (χ1v) is 9.48. The van der Waals surface area contributed by atoms with Crippen molar-refractivity contribution in [3.8, 4) is 11.5 Å². The van der Waals surface area contributed by atoms with Gasteiger partial charge in [0.2, 0.25) is 11.8 Å². The van der Waals surface area contributed by atoms with Crippen LogP contribution in [0.2, 0.25) is 0 Å². The van der Waals surface area contributed by atoms with Crippen LogP contribution in [0.1, 0.15) is 40.6 Å². The molecular weight excluding hydrogens is 421 g/mol. The summed E-state index contributed by atoms with van der Waals surface area (Å²) in [4.78, 5) is 14.1. The molecule has 2 heterocycles. The molecule has 5 nitrogen and oxygen atoms in total. The van der Waals surface area contributed by atoms with Gasteiger partial charge in [-0.1, -0.05) is 0 Å². The van der Waals surface area contributed by atoms with Gasteiger partial charge in [0.25, 0.3) is 5.91 Å². The Labute approximate surface area is 173 Å². The number of hydrogen-bond donors (Lipinski definition) is 0. The first kappa shape index (κ1) is 21.0. The Morgan fingerprint density at radius 3 is 2.48 bits per heavy atom. The number of halogens is 5. The van der Waals surface area contributed by atoms with E-state index in [1.54, 1.807) is 0 Å². The molecule has 1 atom stereocenters. The maximum absolute atomic E-state index is 14.0. The minimum atomic E-state index is -4.44. The Balaban J connectivity index is 1.49. The molecule has 3 aromatic rings. The highest BCUT2D eigenvalue weighted by Gasteiger charge is 2.31. The van der Waals surface area contributed by atoms with Crippen LogP contribution in [0.3, 0.4) is 0 Å². The van der Waals surface area contributed by atoms with Gasteiger partial charge in [-0.3, -0.25) is 4.79 Å². The lowest BCUT2D eigenvalue weighted by Gasteiger charge is -2.31. The summed E-state index contributed by atoms with van der Waals surface area (Å²) < 4.78 is 70.9. The summed E-state index contributed by atoms with van der Waals surface area (Å²) in [5.74, 6) is -2.27. The topological polar surface area (TPSA) is 59.2 Å². The molecule has 1 amide bonds. The van der Waals surface area contributed by atoms with E-state index in [4.69, 9.17) is 4.42 Å². The predicted molar refractivity (Wildman–Crippen MR) is 99.0 cm³/mol. The number of rotatable bonds is 3. The zero-order chi connectivity index (χ0) is 22.2. The van der Waals surface area contributed by atoms with Crippen molar-refractivity contribution in [3.05, 3.63) is 71.1 Å². The Morgan fingerprint density at radius 2 is 1.81 bits per heavy atom. The summed E-state index contributed by atoms with van der Waals surface area (Å²) in [7, 11) is 0. The molecule has 1 unspecified atom stereocenters. The largest absolute Gasteiger partial charge is 0.420 e. The quantitative estimate of drug-likeness (QED) is 0.538. The fraction of sp³-hybridized carbons (Fsp3) is 0.286. The normalized spacial score (nSPS) is 17.1. The molecule has 10 heteroatoms. The number of alkyl halides is 3. The lowest BCUT2D eigenvalue weighted by molar-refractivity contribution is -0.137. The van der Waals surface area contributed by atoms with Gasteiger partial charge in [-0.15, -0.1) is 10.2 Å². The third-order valence-electron chi connectivity index (χ3n) is 5.12. The Hall–Kier alpha value is -3.30. The smallest absolute Gasteiger partial charge is 0.416 e. The van der Waals surface area contributed by atoms with Gasteiger partial charge in [-0.05, 0) is 49.2 Å². The zero-order valence-corrected chi connectivity index (χ0v) is 16.0. The average molecular weight is 437 g/mol. The molecule has 1 aromatic heterocycles. The number of carbonyl (C=O) groups is 1. The molecule has 0 bridgehead atoms. The molecule has 2 aromatic carbocycles. The molecule has 1 fully saturated rings. The van der Waals surface area contributed by atoms with Crippen LogP contribution in [0.5, 0.6) is 0 Å². The second kappa shape index (κ2) is 8.09. The van der Waals surface area contributed by atoms with Crippen molar-refractivity contribution in [2.45, 2.75) is 24.9 Å². The number of amides is 1. The van der Waals surface area contributed by atoms with Crippen molar-refractivity contribution in [2.75, 3.05) is 13.1 Å². The molecule has 1 aliphatic heterocycles. The Morgan fingerprint density at radius 1 is 1.06 bits per heavy atom. The number of likely N-dealkylation sites (tertiary alicyclic amines) is 1. The van der Waals surface area contributed by atoms with Gasteiger partial charge in [0.15, 0.2) is 0 Å². The monoisotopic (exact) mass is 437 g/mol. The number of carbonyl (C=O) groups excluding carboxylic acids is 1. The number of piperidine rings is 1. The summed E-state index contributed by atoms with van der Waals surface area (Å²) in [5, 5.41) is 7.88. The summed E-state index contributed by atoms with van der Waals surface area (Å²) in [5.41, 5.74) is -0.674. The summed E-state index contributed by atoms with van der Waals surface area (Å²) in [6.45, 7) is 0.594. The van der Waals surface area contributed by atoms with Gasteiger partial charge in [-0.2, -0.15) is 13.2 Å². The SMILES string of the molecule is O=C(c1ccc(F)cc1F)N1CCCC(c2nnc(-c3ccc(C(F)(F)F)cc3)o2)C1. The fourth-order valence-electron chi connectivity index (χ4n) is 3.51. The van der Waals surface area contributed by atoms with E-state index < -0.39 is 29.3 Å². The third-order valence-corrected chi connectivity index (χ3v) is 5.12. The highest BCUT2D eigenvalue weighted by atomic mass is 19.4. The second-order valence-electron chi connectivity index (χ2n) is 7.24. The number of benzene rings is 2. The van der Waals surface area contributed by atoms with E-state index in [0.717, 1.165) is 24.3 Å². The molecule has 31 heavy (non-hydrogen) atoms. The van der Waals surface area contributed by atoms with Gasteiger partial charge in [0.05, 0.1) is 17.0 Å². The van der Waals surface area contributed by atoms with Crippen molar-refractivity contribution >= 4 is 5.91 Å². The summed E-state index contributed by atoms with van der Waals surface area (Å²) >= 11 is 0. The molecule has 0 spiro atoms. The number of aromatic nitrogens is 2. The van der Waals surface area contributed by atoms with E-state index in [1.165, 1.54) is 17.0 Å². The molecule has 162 valence electrons. The lowest BCUT2D eigenvalue weighted by Crippen LogP contribution is -2.39. The highest BCUT2D eigenvalue weighted by Crippen LogP contribution is 2.32. The summed E-state index contributed by atoms with van der Waals surface area (Å²) in [6.07, 6.45) is -3.19. The second-order valence-corrected chi connectivity index (χ2v) is 7.24. The molecule has 0 aliphatic carbocycles.